The minimum Gasteiger partial charge on any atom is -0.493 e. The molecule has 3 N–H and O–H groups in total. The Morgan fingerprint density at radius 3 is 2.36 bits per heavy atom. The van der Waals surface area contributed by atoms with Crippen LogP contribution < -0.4 is 10.5 Å². The monoisotopic (exact) mass is 448 g/mol. The van der Waals surface area contributed by atoms with Crippen molar-refractivity contribution in [2.24, 2.45) is 16.6 Å². The summed E-state index contributed by atoms with van der Waals surface area (Å²) in [7, 11) is 0. The summed E-state index contributed by atoms with van der Waals surface area (Å²) in [5, 5.41) is 8.95. The van der Waals surface area contributed by atoms with E-state index in [1.54, 1.807) is 18.2 Å². The fourth-order valence-corrected chi connectivity index (χ4v) is 3.22. The number of aromatic carboxylic acids is 1. The number of nitrogens with zero attached hydrogens (tertiary/aromatic N) is 1. The third kappa shape index (κ3) is 5.63. The van der Waals surface area contributed by atoms with Gasteiger partial charge in [-0.05, 0) is 54.3 Å². The Kier molecular flexibility index (Phi) is 7.23. The molecule has 0 heterocycles. The minimum absolute atomic E-state index is 0.110. The molecule has 0 saturated heterocycles. The van der Waals surface area contributed by atoms with Crippen LogP contribution in [0.5, 0.6) is 5.75 Å². The average Bonchev–Trinajstić information content (AvgIpc) is 2.77. The molecule has 170 valence electrons. The van der Waals surface area contributed by atoms with Gasteiger partial charge in [-0.25, -0.2) is 9.18 Å². The van der Waals surface area contributed by atoms with Crippen molar-refractivity contribution in [1.82, 2.24) is 0 Å². The number of rotatable bonds is 7. The lowest BCUT2D eigenvalue weighted by atomic mass is 9.98. The number of benzene rings is 3. The molecule has 0 aliphatic heterocycles. The number of amidine groups is 1. The van der Waals surface area contributed by atoms with Crippen molar-refractivity contribution in [3.8, 4) is 16.9 Å². The summed E-state index contributed by atoms with van der Waals surface area (Å²) >= 11 is 0. The van der Waals surface area contributed by atoms with Gasteiger partial charge in [0.2, 0.25) is 0 Å². The molecule has 3 rings (SSSR count). The van der Waals surface area contributed by atoms with Crippen molar-refractivity contribution in [2.45, 2.75) is 20.8 Å². The quantitative estimate of drug-likeness (QED) is 0.388. The molecule has 33 heavy (non-hydrogen) atoms. The second-order valence-electron chi connectivity index (χ2n) is 8.03. The van der Waals surface area contributed by atoms with Crippen LogP contribution in [0.3, 0.4) is 0 Å². The van der Waals surface area contributed by atoms with Gasteiger partial charge in [-0.1, -0.05) is 44.2 Å². The van der Waals surface area contributed by atoms with E-state index in [9.17, 15) is 14.0 Å². The largest absolute Gasteiger partial charge is 0.493 e. The SMILES string of the molecule is Cc1ccccc1-c1ccc(C(=O)N=C(N)c2ccc(C(=O)O)c(F)c2)cc1OCC(C)C. The number of aryl methyl sites for hydroxylation is 1. The van der Waals surface area contributed by atoms with Gasteiger partial charge in [-0.15, -0.1) is 0 Å². The lowest BCUT2D eigenvalue weighted by Gasteiger charge is -2.15. The second kappa shape index (κ2) is 10.1. The summed E-state index contributed by atoms with van der Waals surface area (Å²) in [6.07, 6.45) is 0. The van der Waals surface area contributed by atoms with Gasteiger partial charge in [0, 0.05) is 16.7 Å². The normalized spacial score (nSPS) is 11.5. The number of amides is 1. The van der Waals surface area contributed by atoms with E-state index >= 15 is 0 Å². The number of hydrogen-bond acceptors (Lipinski definition) is 3. The van der Waals surface area contributed by atoms with Gasteiger partial charge < -0.3 is 15.6 Å². The van der Waals surface area contributed by atoms with E-state index in [-0.39, 0.29) is 22.9 Å². The first-order valence-corrected chi connectivity index (χ1v) is 10.4. The summed E-state index contributed by atoms with van der Waals surface area (Å²) in [4.78, 5) is 27.6. The number of carboxylic acids is 1. The van der Waals surface area contributed by atoms with Crippen LogP contribution in [0.1, 0.15) is 45.7 Å². The van der Waals surface area contributed by atoms with Crippen molar-refractivity contribution in [2.75, 3.05) is 6.61 Å². The molecule has 0 aromatic heterocycles. The van der Waals surface area contributed by atoms with E-state index in [4.69, 9.17) is 15.6 Å². The highest BCUT2D eigenvalue weighted by Crippen LogP contribution is 2.33. The zero-order chi connectivity index (χ0) is 24.1. The van der Waals surface area contributed by atoms with E-state index in [0.29, 0.717) is 12.4 Å². The average molecular weight is 448 g/mol. The predicted octanol–water partition coefficient (Wildman–Crippen LogP) is 5.08. The molecule has 0 atom stereocenters. The summed E-state index contributed by atoms with van der Waals surface area (Å²) in [5.74, 6) is -2.36. The van der Waals surface area contributed by atoms with E-state index in [1.165, 1.54) is 6.07 Å². The molecule has 0 bridgehead atoms. The molecule has 0 saturated carbocycles. The standard InChI is InChI=1S/C26H25FN2O4/c1-15(2)14-33-23-13-18(9-10-20(23)19-7-5-4-6-16(19)3)25(30)29-24(28)17-8-11-21(26(31)32)22(27)12-17/h4-13,15H,14H2,1-3H3,(H,31,32)(H2,28,29,30). The number of ether oxygens (including phenoxy) is 1. The number of aliphatic imine (C=N–C) groups is 1. The fourth-order valence-electron chi connectivity index (χ4n) is 3.22. The third-order valence-electron chi connectivity index (χ3n) is 4.95. The molecule has 0 radical (unpaired) electrons. The lowest BCUT2D eigenvalue weighted by Crippen LogP contribution is -2.17. The molecule has 7 heteroatoms. The summed E-state index contributed by atoms with van der Waals surface area (Å²) < 4.78 is 20.0. The van der Waals surface area contributed by atoms with Gasteiger partial charge in [0.25, 0.3) is 5.91 Å². The van der Waals surface area contributed by atoms with Crippen LogP contribution >= 0.6 is 0 Å². The number of nitrogens with two attached hydrogens (primary N) is 1. The van der Waals surface area contributed by atoms with Gasteiger partial charge in [-0.3, -0.25) is 4.79 Å². The maximum absolute atomic E-state index is 14.0. The van der Waals surface area contributed by atoms with Crippen molar-refractivity contribution in [1.29, 1.82) is 0 Å². The van der Waals surface area contributed by atoms with Crippen LogP contribution in [0.4, 0.5) is 4.39 Å². The second-order valence-corrected chi connectivity index (χ2v) is 8.03. The fraction of sp³-hybridized carbons (Fsp3) is 0.192. The van der Waals surface area contributed by atoms with Gasteiger partial charge in [0.15, 0.2) is 0 Å². The number of carboxylic acid groups (broad SMARTS) is 1. The highest BCUT2D eigenvalue weighted by molar-refractivity contribution is 6.09. The molecular formula is C26H25FN2O4. The highest BCUT2D eigenvalue weighted by Gasteiger charge is 2.16. The Morgan fingerprint density at radius 1 is 1.03 bits per heavy atom. The first-order valence-electron chi connectivity index (χ1n) is 10.4. The molecule has 0 unspecified atom stereocenters. The van der Waals surface area contributed by atoms with E-state index < -0.39 is 23.3 Å². The summed E-state index contributed by atoms with van der Waals surface area (Å²) in [6, 6.07) is 16.3. The predicted molar refractivity (Wildman–Crippen MR) is 125 cm³/mol. The van der Waals surface area contributed by atoms with Crippen LogP contribution in [-0.4, -0.2) is 29.4 Å². The molecule has 3 aromatic rings. The smallest absolute Gasteiger partial charge is 0.338 e. The first-order chi connectivity index (χ1) is 15.7. The van der Waals surface area contributed by atoms with E-state index in [0.717, 1.165) is 28.8 Å². The van der Waals surface area contributed by atoms with E-state index in [1.807, 2.05) is 45.0 Å². The Morgan fingerprint density at radius 2 is 1.73 bits per heavy atom. The molecular weight excluding hydrogens is 423 g/mol. The highest BCUT2D eigenvalue weighted by atomic mass is 19.1. The van der Waals surface area contributed by atoms with Crippen molar-refractivity contribution >= 4 is 17.7 Å². The molecule has 0 fully saturated rings. The van der Waals surface area contributed by atoms with Gasteiger partial charge >= 0.3 is 5.97 Å². The van der Waals surface area contributed by atoms with E-state index in [2.05, 4.69) is 4.99 Å². The molecule has 0 aliphatic carbocycles. The van der Waals surface area contributed by atoms with Crippen LogP contribution in [0.2, 0.25) is 0 Å². The van der Waals surface area contributed by atoms with Crippen LogP contribution in [0, 0.1) is 18.7 Å². The lowest BCUT2D eigenvalue weighted by molar-refractivity contribution is 0.0691. The molecule has 1 amide bonds. The number of hydrogen-bond donors (Lipinski definition) is 2. The zero-order valence-electron chi connectivity index (χ0n) is 18.6. The Hall–Kier alpha value is -4.00. The maximum Gasteiger partial charge on any atom is 0.338 e. The molecule has 3 aromatic carbocycles. The first kappa shape index (κ1) is 23.7. The van der Waals surface area contributed by atoms with Crippen molar-refractivity contribution in [3.63, 3.8) is 0 Å². The Balaban J connectivity index is 1.95. The van der Waals surface area contributed by atoms with Crippen LogP contribution in [0.25, 0.3) is 11.1 Å². The minimum atomic E-state index is -1.40. The van der Waals surface area contributed by atoms with Gasteiger partial charge in [0.1, 0.15) is 17.4 Å². The van der Waals surface area contributed by atoms with Crippen LogP contribution in [0.15, 0.2) is 65.7 Å². The van der Waals surface area contributed by atoms with Crippen molar-refractivity contribution < 1.29 is 23.8 Å². The van der Waals surface area contributed by atoms with Gasteiger partial charge in [0.05, 0.1) is 12.2 Å². The maximum atomic E-state index is 14.0. The molecule has 6 nitrogen and oxygen atoms in total. The number of halogens is 1. The summed E-state index contributed by atoms with van der Waals surface area (Å²) in [5.41, 5.74) is 8.69. The number of carbonyl (C=O) groups excluding carboxylic acids is 1. The summed E-state index contributed by atoms with van der Waals surface area (Å²) in [6.45, 7) is 6.53. The zero-order valence-corrected chi connectivity index (χ0v) is 18.6. The molecule has 0 aliphatic rings. The number of carbonyl (C=O) groups is 2. The third-order valence-corrected chi connectivity index (χ3v) is 4.95. The Labute approximate surface area is 191 Å². The van der Waals surface area contributed by atoms with Gasteiger partial charge in [-0.2, -0.15) is 4.99 Å². The molecule has 0 spiro atoms. The Bertz CT molecular complexity index is 1230. The van der Waals surface area contributed by atoms with Crippen LogP contribution in [-0.2, 0) is 0 Å². The van der Waals surface area contributed by atoms with Crippen molar-refractivity contribution in [3.05, 3.63) is 88.7 Å². The topological polar surface area (TPSA) is 102 Å².